The molecule has 0 spiro atoms. The molecule has 0 saturated heterocycles. The van der Waals surface area contributed by atoms with Gasteiger partial charge in [-0.2, -0.15) is 5.06 Å². The number of hydrogen-bond donors (Lipinski definition) is 1. The summed E-state index contributed by atoms with van der Waals surface area (Å²) in [5, 5.41) is 11.0. The van der Waals surface area contributed by atoms with Crippen molar-refractivity contribution in [2.75, 3.05) is 0 Å². The standard InChI is InChI=1S/C22H25NO3/c1-3-4-5-9-12-21(20-15-13-18(2)14-16-20)23(25)22(24)26-17-19-10-7-6-8-11-19/h6-8,10-11,13-16,21,25H,3-5,17H2,1-2H3. The fraction of sp³-hybridized carbons (Fsp3) is 0.318. The summed E-state index contributed by atoms with van der Waals surface area (Å²) in [6, 6.07) is 16.2. The molecule has 2 aromatic rings. The van der Waals surface area contributed by atoms with Crippen LogP contribution in [0.15, 0.2) is 54.6 Å². The fourth-order valence-corrected chi connectivity index (χ4v) is 2.36. The first kappa shape index (κ1) is 19.6. The monoisotopic (exact) mass is 351 g/mol. The van der Waals surface area contributed by atoms with Crippen molar-refractivity contribution in [3.05, 3.63) is 71.3 Å². The molecule has 1 N–H and O–H groups in total. The Morgan fingerprint density at radius 1 is 1.15 bits per heavy atom. The number of rotatable bonds is 6. The first-order valence-electron chi connectivity index (χ1n) is 8.85. The molecule has 1 atom stereocenters. The van der Waals surface area contributed by atoms with Crippen LogP contribution < -0.4 is 0 Å². The lowest BCUT2D eigenvalue weighted by atomic mass is 10.1. The van der Waals surface area contributed by atoms with Crippen LogP contribution >= 0.6 is 0 Å². The number of amides is 1. The molecule has 0 aliphatic heterocycles. The van der Waals surface area contributed by atoms with Crippen LogP contribution in [-0.2, 0) is 11.3 Å². The first-order chi connectivity index (χ1) is 12.6. The van der Waals surface area contributed by atoms with Gasteiger partial charge in [0, 0.05) is 6.42 Å². The third-order valence-electron chi connectivity index (χ3n) is 3.92. The van der Waals surface area contributed by atoms with Crippen molar-refractivity contribution < 1.29 is 14.7 Å². The molecule has 0 bridgehead atoms. The van der Waals surface area contributed by atoms with Crippen molar-refractivity contribution >= 4 is 6.09 Å². The Kier molecular flexibility index (Phi) is 7.73. The van der Waals surface area contributed by atoms with Crippen LogP contribution in [0.1, 0.15) is 48.9 Å². The molecule has 2 rings (SSSR count). The summed E-state index contributed by atoms with van der Waals surface area (Å²) in [6.45, 7) is 4.18. The van der Waals surface area contributed by atoms with Crippen LogP contribution in [0.3, 0.4) is 0 Å². The minimum atomic E-state index is -0.816. The van der Waals surface area contributed by atoms with E-state index in [2.05, 4.69) is 18.8 Å². The molecule has 0 fully saturated rings. The summed E-state index contributed by atoms with van der Waals surface area (Å²) in [6.07, 6.45) is 1.94. The molecule has 136 valence electrons. The van der Waals surface area contributed by atoms with Crippen molar-refractivity contribution in [1.29, 1.82) is 0 Å². The van der Waals surface area contributed by atoms with Crippen LogP contribution in [0.4, 0.5) is 4.79 Å². The zero-order chi connectivity index (χ0) is 18.8. The Bertz CT molecular complexity index is 744. The maximum atomic E-state index is 12.3. The molecule has 4 nitrogen and oxygen atoms in total. The minimum Gasteiger partial charge on any atom is -0.443 e. The molecule has 2 aromatic carbocycles. The zero-order valence-corrected chi connectivity index (χ0v) is 15.3. The van der Waals surface area contributed by atoms with Crippen molar-refractivity contribution in [3.8, 4) is 11.8 Å². The number of carbonyl (C=O) groups is 1. The first-order valence-corrected chi connectivity index (χ1v) is 8.85. The van der Waals surface area contributed by atoms with E-state index in [9.17, 15) is 10.0 Å². The quantitative estimate of drug-likeness (QED) is 0.334. The van der Waals surface area contributed by atoms with Crippen LogP contribution in [0.2, 0.25) is 0 Å². The van der Waals surface area contributed by atoms with Gasteiger partial charge >= 0.3 is 6.09 Å². The van der Waals surface area contributed by atoms with Crippen LogP contribution in [0.5, 0.6) is 0 Å². The third kappa shape index (κ3) is 5.94. The molecule has 4 heteroatoms. The third-order valence-corrected chi connectivity index (χ3v) is 3.92. The highest BCUT2D eigenvalue weighted by Crippen LogP contribution is 2.20. The molecule has 0 radical (unpaired) electrons. The molecule has 1 unspecified atom stereocenters. The van der Waals surface area contributed by atoms with Crippen LogP contribution in [0, 0.1) is 18.8 Å². The van der Waals surface area contributed by atoms with Crippen LogP contribution in [0.25, 0.3) is 0 Å². The number of aryl methyl sites for hydroxylation is 1. The van der Waals surface area contributed by atoms with Gasteiger partial charge in [0.2, 0.25) is 0 Å². The van der Waals surface area contributed by atoms with E-state index in [1.54, 1.807) is 0 Å². The van der Waals surface area contributed by atoms with Gasteiger partial charge in [-0.15, -0.1) is 5.92 Å². The molecule has 0 aliphatic rings. The van der Waals surface area contributed by atoms with Gasteiger partial charge in [0.1, 0.15) is 12.6 Å². The lowest BCUT2D eigenvalue weighted by molar-refractivity contribution is -0.0935. The Balaban J connectivity index is 2.10. The van der Waals surface area contributed by atoms with E-state index in [1.165, 1.54) is 0 Å². The van der Waals surface area contributed by atoms with Crippen molar-refractivity contribution in [3.63, 3.8) is 0 Å². The van der Waals surface area contributed by atoms with E-state index < -0.39 is 12.1 Å². The second-order valence-corrected chi connectivity index (χ2v) is 6.12. The highest BCUT2D eigenvalue weighted by atomic mass is 16.6. The molecule has 0 aromatic heterocycles. The fourth-order valence-electron chi connectivity index (χ4n) is 2.36. The number of hydrogen-bond acceptors (Lipinski definition) is 3. The maximum Gasteiger partial charge on any atom is 0.435 e. The Morgan fingerprint density at radius 3 is 2.50 bits per heavy atom. The lowest BCUT2D eigenvalue weighted by Gasteiger charge is -2.22. The van der Waals surface area contributed by atoms with Gasteiger partial charge in [-0.05, 0) is 24.5 Å². The van der Waals surface area contributed by atoms with Gasteiger partial charge < -0.3 is 4.74 Å². The molecule has 0 heterocycles. The van der Waals surface area contributed by atoms with Gasteiger partial charge in [0.15, 0.2) is 0 Å². The van der Waals surface area contributed by atoms with Crippen LogP contribution in [-0.4, -0.2) is 16.4 Å². The van der Waals surface area contributed by atoms with Crippen molar-refractivity contribution in [2.24, 2.45) is 0 Å². The summed E-state index contributed by atoms with van der Waals surface area (Å²) in [7, 11) is 0. The average molecular weight is 351 g/mol. The largest absolute Gasteiger partial charge is 0.443 e. The Hall–Kier alpha value is -2.77. The van der Waals surface area contributed by atoms with Gasteiger partial charge in [-0.1, -0.05) is 79.4 Å². The highest BCUT2D eigenvalue weighted by Gasteiger charge is 2.23. The van der Waals surface area contributed by atoms with E-state index in [0.717, 1.165) is 36.0 Å². The van der Waals surface area contributed by atoms with Crippen molar-refractivity contribution in [1.82, 2.24) is 5.06 Å². The minimum absolute atomic E-state index is 0.0978. The molecule has 1 amide bonds. The van der Waals surface area contributed by atoms with Gasteiger partial charge in [-0.25, -0.2) is 4.79 Å². The van der Waals surface area contributed by atoms with E-state index in [-0.39, 0.29) is 6.61 Å². The number of unbranched alkanes of at least 4 members (excludes halogenated alkanes) is 2. The Morgan fingerprint density at radius 2 is 1.85 bits per heavy atom. The van der Waals surface area contributed by atoms with Gasteiger partial charge in [-0.3, -0.25) is 5.21 Å². The maximum absolute atomic E-state index is 12.3. The summed E-state index contributed by atoms with van der Waals surface area (Å²) in [5.74, 6) is 6.04. The predicted octanol–water partition coefficient (Wildman–Crippen LogP) is 5.26. The summed E-state index contributed by atoms with van der Waals surface area (Å²) < 4.78 is 5.21. The molecular weight excluding hydrogens is 326 g/mol. The second kappa shape index (κ2) is 10.3. The summed E-state index contributed by atoms with van der Waals surface area (Å²) in [4.78, 5) is 12.3. The van der Waals surface area contributed by atoms with E-state index >= 15 is 0 Å². The zero-order valence-electron chi connectivity index (χ0n) is 15.3. The predicted molar refractivity (Wildman–Crippen MR) is 101 cm³/mol. The number of nitrogens with zero attached hydrogens (tertiary/aromatic N) is 1. The molecular formula is C22H25NO3. The average Bonchev–Trinajstić information content (AvgIpc) is 2.67. The number of benzene rings is 2. The van der Waals surface area contributed by atoms with Gasteiger partial charge in [0.05, 0.1) is 0 Å². The summed E-state index contributed by atoms with van der Waals surface area (Å²) >= 11 is 0. The summed E-state index contributed by atoms with van der Waals surface area (Å²) in [5.41, 5.74) is 2.71. The second-order valence-electron chi connectivity index (χ2n) is 6.12. The van der Waals surface area contributed by atoms with E-state index in [4.69, 9.17) is 4.74 Å². The van der Waals surface area contributed by atoms with Crippen molar-refractivity contribution in [2.45, 2.75) is 45.8 Å². The normalized spacial score (nSPS) is 11.2. The van der Waals surface area contributed by atoms with Gasteiger partial charge in [0.25, 0.3) is 0 Å². The number of ether oxygens (including phenoxy) is 1. The van der Waals surface area contributed by atoms with E-state index in [0.29, 0.717) is 5.06 Å². The number of carbonyl (C=O) groups excluding carboxylic acids is 1. The smallest absolute Gasteiger partial charge is 0.435 e. The SMILES string of the molecule is CCCCC#CC(c1ccc(C)cc1)N(O)C(=O)OCc1ccccc1. The number of hydroxylamine groups is 2. The highest BCUT2D eigenvalue weighted by molar-refractivity contribution is 5.67. The van der Waals surface area contributed by atoms with E-state index in [1.807, 2.05) is 61.5 Å². The molecule has 0 saturated carbocycles. The lowest BCUT2D eigenvalue weighted by Crippen LogP contribution is -2.31. The Labute approximate surface area is 155 Å². The molecule has 0 aliphatic carbocycles. The topological polar surface area (TPSA) is 49.8 Å². The molecule has 26 heavy (non-hydrogen) atoms.